The summed E-state index contributed by atoms with van der Waals surface area (Å²) in [5, 5.41) is 2.81. The number of rotatable bonds is 7. The highest BCUT2D eigenvalue weighted by molar-refractivity contribution is 7.89. The molecule has 0 aliphatic heterocycles. The summed E-state index contributed by atoms with van der Waals surface area (Å²) in [6, 6.07) is 16.2. The molecular weight excluding hydrogens is 348 g/mol. The number of anilines is 1. The molecule has 2 aromatic rings. The molecule has 26 heavy (non-hydrogen) atoms. The van der Waals surface area contributed by atoms with Crippen molar-refractivity contribution in [3.8, 4) is 0 Å². The highest BCUT2D eigenvalue weighted by Crippen LogP contribution is 2.21. The lowest BCUT2D eigenvalue weighted by molar-refractivity contribution is -0.116. The van der Waals surface area contributed by atoms with Gasteiger partial charge in [-0.25, -0.2) is 13.1 Å². The fraction of sp³-hybridized carbons (Fsp3) is 0.350. The highest BCUT2D eigenvalue weighted by Gasteiger charge is 2.22. The summed E-state index contributed by atoms with van der Waals surface area (Å²) in [6.07, 6.45) is 4.99. The van der Waals surface area contributed by atoms with Gasteiger partial charge >= 0.3 is 0 Å². The monoisotopic (exact) mass is 372 g/mol. The van der Waals surface area contributed by atoms with Gasteiger partial charge in [-0.1, -0.05) is 43.2 Å². The quantitative estimate of drug-likeness (QED) is 0.781. The van der Waals surface area contributed by atoms with E-state index in [1.807, 2.05) is 30.3 Å². The van der Waals surface area contributed by atoms with Gasteiger partial charge in [-0.05, 0) is 49.1 Å². The Kier molecular flexibility index (Phi) is 6.06. The Morgan fingerprint density at radius 3 is 2.27 bits per heavy atom. The van der Waals surface area contributed by atoms with Gasteiger partial charge < -0.3 is 5.32 Å². The van der Waals surface area contributed by atoms with Gasteiger partial charge in [-0.3, -0.25) is 4.79 Å². The Morgan fingerprint density at radius 2 is 1.62 bits per heavy atom. The molecule has 6 heteroatoms. The number of amides is 1. The van der Waals surface area contributed by atoms with Gasteiger partial charge in [0.05, 0.1) is 4.90 Å². The molecule has 0 radical (unpaired) electrons. The number of hydrogen-bond donors (Lipinski definition) is 2. The molecule has 3 rings (SSSR count). The number of carbonyl (C=O) groups is 1. The van der Waals surface area contributed by atoms with E-state index < -0.39 is 10.0 Å². The Balaban J connectivity index is 1.54. The van der Waals surface area contributed by atoms with Crippen LogP contribution in [0.2, 0.25) is 0 Å². The first-order valence-electron chi connectivity index (χ1n) is 8.99. The van der Waals surface area contributed by atoms with Gasteiger partial charge in [-0.2, -0.15) is 0 Å². The number of benzene rings is 2. The SMILES string of the molecule is O=C(CCc1ccccc1)Nc1ccc(S(=O)(=O)NC2CCCC2)cc1. The van der Waals surface area contributed by atoms with Crippen molar-refractivity contribution in [2.24, 2.45) is 0 Å². The second kappa shape index (κ2) is 8.47. The zero-order chi connectivity index (χ0) is 18.4. The van der Waals surface area contributed by atoms with Crippen molar-refractivity contribution in [1.29, 1.82) is 0 Å². The van der Waals surface area contributed by atoms with Crippen molar-refractivity contribution in [2.75, 3.05) is 5.32 Å². The molecular formula is C20H24N2O3S. The van der Waals surface area contributed by atoms with E-state index in [9.17, 15) is 13.2 Å². The average molecular weight is 372 g/mol. The van der Waals surface area contributed by atoms with Crippen molar-refractivity contribution in [2.45, 2.75) is 49.5 Å². The third-order valence-corrected chi connectivity index (χ3v) is 6.15. The molecule has 1 saturated carbocycles. The van der Waals surface area contributed by atoms with E-state index in [0.717, 1.165) is 31.2 Å². The fourth-order valence-corrected chi connectivity index (χ4v) is 4.48. The molecule has 1 fully saturated rings. The first-order chi connectivity index (χ1) is 12.5. The van der Waals surface area contributed by atoms with Crippen LogP contribution in [0.5, 0.6) is 0 Å². The van der Waals surface area contributed by atoms with E-state index in [4.69, 9.17) is 0 Å². The van der Waals surface area contributed by atoms with E-state index in [1.54, 1.807) is 12.1 Å². The lowest BCUT2D eigenvalue weighted by Crippen LogP contribution is -2.32. The number of sulfonamides is 1. The van der Waals surface area contributed by atoms with Crippen LogP contribution in [0.1, 0.15) is 37.7 Å². The topological polar surface area (TPSA) is 75.3 Å². The maximum absolute atomic E-state index is 12.4. The van der Waals surface area contributed by atoms with Crippen LogP contribution in [0.25, 0.3) is 0 Å². The summed E-state index contributed by atoms with van der Waals surface area (Å²) in [5.41, 5.74) is 1.71. The lowest BCUT2D eigenvalue weighted by atomic mass is 10.1. The number of carbonyl (C=O) groups excluding carboxylic acids is 1. The smallest absolute Gasteiger partial charge is 0.240 e. The normalized spacial score (nSPS) is 15.1. The first-order valence-corrected chi connectivity index (χ1v) is 10.5. The molecule has 5 nitrogen and oxygen atoms in total. The maximum Gasteiger partial charge on any atom is 0.240 e. The second-order valence-corrected chi connectivity index (χ2v) is 8.37. The van der Waals surface area contributed by atoms with Crippen molar-refractivity contribution < 1.29 is 13.2 Å². The van der Waals surface area contributed by atoms with E-state index in [0.29, 0.717) is 18.5 Å². The molecule has 138 valence electrons. The predicted octanol–water partition coefficient (Wildman–Crippen LogP) is 3.48. The van der Waals surface area contributed by atoms with Crippen molar-refractivity contribution >= 4 is 21.6 Å². The summed E-state index contributed by atoms with van der Waals surface area (Å²) in [4.78, 5) is 12.3. The maximum atomic E-state index is 12.4. The van der Waals surface area contributed by atoms with Crippen molar-refractivity contribution in [3.63, 3.8) is 0 Å². The molecule has 0 spiro atoms. The van der Waals surface area contributed by atoms with Crippen molar-refractivity contribution in [3.05, 3.63) is 60.2 Å². The first kappa shape index (κ1) is 18.6. The van der Waals surface area contributed by atoms with Crippen LogP contribution >= 0.6 is 0 Å². The molecule has 0 heterocycles. The van der Waals surface area contributed by atoms with Gasteiger partial charge in [0.25, 0.3) is 0 Å². The Bertz CT molecular complexity index is 827. The Morgan fingerprint density at radius 1 is 0.962 bits per heavy atom. The van der Waals surface area contributed by atoms with Crippen LogP contribution in [0.15, 0.2) is 59.5 Å². The van der Waals surface area contributed by atoms with E-state index in [-0.39, 0.29) is 16.8 Å². The summed E-state index contributed by atoms with van der Waals surface area (Å²) in [6.45, 7) is 0. The molecule has 2 N–H and O–H groups in total. The van der Waals surface area contributed by atoms with Crippen molar-refractivity contribution in [1.82, 2.24) is 4.72 Å². The molecule has 0 atom stereocenters. The summed E-state index contributed by atoms with van der Waals surface area (Å²) >= 11 is 0. The standard InChI is InChI=1S/C20H24N2O3S/c23-20(15-10-16-6-2-1-3-7-16)21-17-11-13-19(14-12-17)26(24,25)22-18-8-4-5-9-18/h1-3,6-7,11-14,18,22H,4-5,8-10,15H2,(H,21,23). The van der Waals surface area contributed by atoms with E-state index in [2.05, 4.69) is 10.0 Å². The number of hydrogen-bond acceptors (Lipinski definition) is 3. The molecule has 0 unspecified atom stereocenters. The number of nitrogens with one attached hydrogen (secondary N) is 2. The van der Waals surface area contributed by atoms with Gasteiger partial charge in [0.1, 0.15) is 0 Å². The van der Waals surface area contributed by atoms with Gasteiger partial charge in [0.2, 0.25) is 15.9 Å². The zero-order valence-electron chi connectivity index (χ0n) is 14.6. The molecule has 0 bridgehead atoms. The van der Waals surface area contributed by atoms with Gasteiger partial charge in [0, 0.05) is 18.2 Å². The van der Waals surface area contributed by atoms with Crippen LogP contribution in [-0.2, 0) is 21.2 Å². The van der Waals surface area contributed by atoms with Gasteiger partial charge in [-0.15, -0.1) is 0 Å². The van der Waals surface area contributed by atoms with Gasteiger partial charge in [0.15, 0.2) is 0 Å². The summed E-state index contributed by atoms with van der Waals surface area (Å²) in [7, 11) is -3.50. The summed E-state index contributed by atoms with van der Waals surface area (Å²) < 4.78 is 27.5. The van der Waals surface area contributed by atoms with E-state index in [1.165, 1.54) is 12.1 Å². The minimum Gasteiger partial charge on any atom is -0.326 e. The summed E-state index contributed by atoms with van der Waals surface area (Å²) in [5.74, 6) is -0.0893. The average Bonchev–Trinajstić information content (AvgIpc) is 3.14. The lowest BCUT2D eigenvalue weighted by Gasteiger charge is -2.13. The third kappa shape index (κ3) is 5.16. The highest BCUT2D eigenvalue weighted by atomic mass is 32.2. The fourth-order valence-electron chi connectivity index (χ4n) is 3.17. The van der Waals surface area contributed by atoms with Crippen LogP contribution in [0, 0.1) is 0 Å². The molecule has 1 amide bonds. The minimum absolute atomic E-state index is 0.0392. The Hall–Kier alpha value is -2.18. The zero-order valence-corrected chi connectivity index (χ0v) is 15.5. The third-order valence-electron chi connectivity index (χ3n) is 4.61. The van der Waals surface area contributed by atoms with E-state index >= 15 is 0 Å². The largest absolute Gasteiger partial charge is 0.326 e. The second-order valence-electron chi connectivity index (χ2n) is 6.66. The van der Waals surface area contributed by atoms with Crippen LogP contribution in [0.4, 0.5) is 5.69 Å². The predicted molar refractivity (Wildman–Crippen MR) is 102 cm³/mol. The molecule has 1 aliphatic rings. The van der Waals surface area contributed by atoms with Crippen LogP contribution in [-0.4, -0.2) is 20.4 Å². The molecule has 1 aliphatic carbocycles. The molecule has 0 saturated heterocycles. The molecule has 2 aromatic carbocycles. The number of aryl methyl sites for hydroxylation is 1. The Labute approximate surface area is 154 Å². The van der Waals surface area contributed by atoms with Crippen LogP contribution < -0.4 is 10.0 Å². The minimum atomic E-state index is -3.50. The van der Waals surface area contributed by atoms with Crippen LogP contribution in [0.3, 0.4) is 0 Å². The molecule has 0 aromatic heterocycles.